The quantitative estimate of drug-likeness (QED) is 0.0897. The van der Waals surface area contributed by atoms with Crippen LogP contribution in [0.15, 0.2) is 72.0 Å². The largest absolute Gasteiger partial charge is 0.354 e. The van der Waals surface area contributed by atoms with Crippen LogP contribution >= 0.6 is 11.8 Å². The molecule has 3 fully saturated rings. The van der Waals surface area contributed by atoms with E-state index in [9.17, 15) is 24.0 Å². The molecule has 0 saturated carbocycles. The number of hydrogen-bond acceptors (Lipinski definition) is 10. The highest BCUT2D eigenvalue weighted by Crippen LogP contribution is 2.35. The molecule has 0 aliphatic carbocycles. The molecule has 3 aromatic rings. The molecule has 1 unspecified atom stereocenters. The Labute approximate surface area is 345 Å². The fraction of sp³-hybridized carbons (Fsp3) is 0.477. The van der Waals surface area contributed by atoms with Gasteiger partial charge < -0.3 is 20.0 Å². The van der Waals surface area contributed by atoms with Crippen molar-refractivity contribution in [1.82, 2.24) is 35.3 Å². The number of unbranched alkanes of at least 4 members (excludes halogenated alkanes) is 2. The number of piperazine rings is 1. The number of fused-ring (bicyclic) bond motifs is 1. The van der Waals surface area contributed by atoms with Gasteiger partial charge in [-0.3, -0.25) is 39.2 Å². The molecule has 6 heterocycles. The van der Waals surface area contributed by atoms with E-state index in [0.717, 1.165) is 118 Å². The van der Waals surface area contributed by atoms with E-state index >= 15 is 0 Å². The zero-order chi connectivity index (χ0) is 40.3. The van der Waals surface area contributed by atoms with Gasteiger partial charge in [0, 0.05) is 93.9 Å². The Morgan fingerprint density at radius 3 is 2.50 bits per heavy atom. The number of likely N-dealkylation sites (tertiary alicyclic amines) is 1. The SMILES string of the molecule is O=C(/C=C/c1cccnc1)NCCCCC1CCN(C(=O)c2ccc(N3CCN(CCCCSc4cccc5c4CN(C4CCC(=O)NC4=O)C5=O)CC3)nc2)CC1. The van der Waals surface area contributed by atoms with Crippen LogP contribution < -0.4 is 15.5 Å². The van der Waals surface area contributed by atoms with Crippen LogP contribution in [0.25, 0.3) is 6.08 Å². The lowest BCUT2D eigenvalue weighted by Crippen LogP contribution is -2.52. The molecule has 4 aliphatic heterocycles. The number of imide groups is 1. The molecule has 0 bridgehead atoms. The predicted molar refractivity (Wildman–Crippen MR) is 224 cm³/mol. The third-order valence-corrected chi connectivity index (χ3v) is 12.9. The van der Waals surface area contributed by atoms with Crippen LogP contribution in [0.2, 0.25) is 0 Å². The van der Waals surface area contributed by atoms with Crippen LogP contribution in [0.5, 0.6) is 0 Å². The van der Waals surface area contributed by atoms with Crippen LogP contribution in [0.3, 0.4) is 0 Å². The molecular formula is C44H54N8O5S. The summed E-state index contributed by atoms with van der Waals surface area (Å²) in [7, 11) is 0. The summed E-state index contributed by atoms with van der Waals surface area (Å²) in [6.07, 6.45) is 16.4. The van der Waals surface area contributed by atoms with Gasteiger partial charge in [-0.1, -0.05) is 25.0 Å². The number of amides is 5. The highest BCUT2D eigenvalue weighted by atomic mass is 32.2. The first kappa shape index (κ1) is 41.1. The maximum Gasteiger partial charge on any atom is 0.255 e. The van der Waals surface area contributed by atoms with Gasteiger partial charge in [-0.2, -0.15) is 0 Å². The van der Waals surface area contributed by atoms with E-state index in [-0.39, 0.29) is 36.0 Å². The molecule has 4 aliphatic rings. The van der Waals surface area contributed by atoms with Gasteiger partial charge in [0.25, 0.3) is 11.8 Å². The smallest absolute Gasteiger partial charge is 0.255 e. The molecule has 13 nitrogen and oxygen atoms in total. The van der Waals surface area contributed by atoms with Crippen molar-refractivity contribution in [3.8, 4) is 0 Å². The van der Waals surface area contributed by atoms with Crippen molar-refractivity contribution in [2.24, 2.45) is 5.92 Å². The minimum absolute atomic E-state index is 0.0573. The Kier molecular flexibility index (Phi) is 14.2. The molecule has 1 atom stereocenters. The Bertz CT molecular complexity index is 1940. The van der Waals surface area contributed by atoms with Gasteiger partial charge in [0.15, 0.2) is 0 Å². The van der Waals surface area contributed by atoms with Crippen molar-refractivity contribution in [2.45, 2.75) is 75.3 Å². The summed E-state index contributed by atoms with van der Waals surface area (Å²) in [5.74, 6) is 1.65. The molecule has 5 amide bonds. The summed E-state index contributed by atoms with van der Waals surface area (Å²) in [6.45, 7) is 7.35. The minimum atomic E-state index is -0.598. The third-order valence-electron chi connectivity index (χ3n) is 11.7. The molecule has 1 aromatic carbocycles. The number of piperidine rings is 2. The molecule has 58 heavy (non-hydrogen) atoms. The number of carbonyl (C=O) groups excluding carboxylic acids is 5. The summed E-state index contributed by atoms with van der Waals surface area (Å²) in [5, 5.41) is 5.33. The van der Waals surface area contributed by atoms with Gasteiger partial charge in [0.2, 0.25) is 17.7 Å². The first-order valence-corrected chi connectivity index (χ1v) is 21.8. The van der Waals surface area contributed by atoms with E-state index in [1.54, 1.807) is 47.4 Å². The van der Waals surface area contributed by atoms with Crippen molar-refractivity contribution >= 4 is 53.2 Å². The standard InChI is InChI=1S/C44H54N8O5S/c53-40(15-11-33-8-6-19-45-29-33)46-20-2-1-7-32-17-22-51(23-18-32)43(56)34-12-14-39(47-30-34)50-26-24-49(25-27-50)21-3-4-28-58-38-10-5-9-35-36(38)31-52(44(35)57)37-13-16-41(54)48-42(37)55/h5-6,8-12,14-15,19,29-30,32,37H,1-4,7,13,16-18,20-28,31H2,(H,46,53)(H,48,54,55)/b15-11+. The molecule has 2 aromatic heterocycles. The number of nitrogens with one attached hydrogen (secondary N) is 2. The number of thioether (sulfide) groups is 1. The number of hydrogen-bond donors (Lipinski definition) is 2. The van der Waals surface area contributed by atoms with E-state index in [2.05, 4.69) is 31.5 Å². The van der Waals surface area contributed by atoms with Crippen LogP contribution in [-0.2, 0) is 20.9 Å². The molecule has 0 radical (unpaired) electrons. The van der Waals surface area contributed by atoms with Crippen molar-refractivity contribution in [1.29, 1.82) is 0 Å². The molecule has 2 N–H and O–H groups in total. The minimum Gasteiger partial charge on any atom is -0.354 e. The van der Waals surface area contributed by atoms with Crippen molar-refractivity contribution in [2.75, 3.05) is 63.0 Å². The zero-order valence-corrected chi connectivity index (χ0v) is 34.0. The molecule has 14 heteroatoms. The lowest BCUT2D eigenvalue weighted by Gasteiger charge is -2.35. The average Bonchev–Trinajstić information content (AvgIpc) is 3.59. The van der Waals surface area contributed by atoms with Crippen molar-refractivity contribution in [3.05, 3.63) is 89.4 Å². The fourth-order valence-electron chi connectivity index (χ4n) is 8.29. The lowest BCUT2D eigenvalue weighted by atomic mass is 9.91. The van der Waals surface area contributed by atoms with Crippen molar-refractivity contribution in [3.63, 3.8) is 0 Å². The van der Waals surface area contributed by atoms with E-state index in [1.807, 2.05) is 41.3 Å². The summed E-state index contributed by atoms with van der Waals surface area (Å²) in [5.41, 5.74) is 3.19. The summed E-state index contributed by atoms with van der Waals surface area (Å²) < 4.78 is 0. The third kappa shape index (κ3) is 10.7. The number of benzene rings is 1. The Hall–Kier alpha value is -5.08. The van der Waals surface area contributed by atoms with E-state index in [1.165, 1.54) is 0 Å². The summed E-state index contributed by atoms with van der Waals surface area (Å²) in [6, 6.07) is 12.9. The molecule has 7 rings (SSSR count). The number of anilines is 1. The number of carbonyl (C=O) groups is 5. The van der Waals surface area contributed by atoms with Gasteiger partial charge in [-0.15, -0.1) is 11.8 Å². The number of aromatic nitrogens is 2. The highest BCUT2D eigenvalue weighted by Gasteiger charge is 2.39. The second kappa shape index (κ2) is 20.1. The maximum atomic E-state index is 13.3. The normalized spacial score (nSPS) is 19.1. The second-order valence-electron chi connectivity index (χ2n) is 15.6. The average molecular weight is 807 g/mol. The monoisotopic (exact) mass is 806 g/mol. The van der Waals surface area contributed by atoms with Gasteiger partial charge in [0.1, 0.15) is 11.9 Å². The number of nitrogens with zero attached hydrogens (tertiary/aromatic N) is 6. The first-order valence-electron chi connectivity index (χ1n) is 20.8. The topological polar surface area (TPSA) is 148 Å². The summed E-state index contributed by atoms with van der Waals surface area (Å²) >= 11 is 1.77. The van der Waals surface area contributed by atoms with Crippen LogP contribution in [0.1, 0.15) is 89.6 Å². The Morgan fingerprint density at radius 1 is 0.897 bits per heavy atom. The lowest BCUT2D eigenvalue weighted by molar-refractivity contribution is -0.137. The molecule has 306 valence electrons. The van der Waals surface area contributed by atoms with Crippen LogP contribution in [-0.4, -0.2) is 118 Å². The summed E-state index contributed by atoms with van der Waals surface area (Å²) in [4.78, 5) is 80.8. The van der Waals surface area contributed by atoms with E-state index in [4.69, 9.17) is 4.98 Å². The highest BCUT2D eigenvalue weighted by molar-refractivity contribution is 7.99. The second-order valence-corrected chi connectivity index (χ2v) is 16.8. The van der Waals surface area contributed by atoms with Crippen LogP contribution in [0, 0.1) is 5.92 Å². The maximum absolute atomic E-state index is 13.3. The number of rotatable bonds is 16. The number of pyridine rings is 2. The van der Waals surface area contributed by atoms with Gasteiger partial charge in [-0.25, -0.2) is 4.98 Å². The molecular weight excluding hydrogens is 753 g/mol. The first-order chi connectivity index (χ1) is 28.3. The molecule has 0 spiro atoms. The van der Waals surface area contributed by atoms with Gasteiger partial charge in [0.05, 0.1) is 5.56 Å². The zero-order valence-electron chi connectivity index (χ0n) is 33.2. The van der Waals surface area contributed by atoms with Crippen LogP contribution in [0.4, 0.5) is 5.82 Å². The molecule has 3 saturated heterocycles. The Balaban J connectivity index is 0.749. The predicted octanol–water partition coefficient (Wildman–Crippen LogP) is 4.78. The van der Waals surface area contributed by atoms with Gasteiger partial charge >= 0.3 is 0 Å². The van der Waals surface area contributed by atoms with Gasteiger partial charge in [-0.05, 0) is 104 Å². The van der Waals surface area contributed by atoms with E-state index < -0.39 is 6.04 Å². The van der Waals surface area contributed by atoms with Crippen molar-refractivity contribution < 1.29 is 24.0 Å². The van der Waals surface area contributed by atoms with E-state index in [0.29, 0.717) is 36.6 Å². The fourth-order valence-corrected chi connectivity index (χ4v) is 9.39. The Morgan fingerprint density at radius 2 is 1.74 bits per heavy atom.